The number of amides is 1. The molecule has 2 aliphatic heterocycles. The largest absolute Gasteiger partial charge is 0.369 e. The van der Waals surface area contributed by atoms with E-state index in [0.717, 1.165) is 81.7 Å². The van der Waals surface area contributed by atoms with Crippen LogP contribution in [-0.2, 0) is 17.9 Å². The van der Waals surface area contributed by atoms with Gasteiger partial charge in [-0.05, 0) is 18.9 Å². The Morgan fingerprint density at radius 3 is 2.61 bits per heavy atom. The zero-order valence-corrected chi connectivity index (χ0v) is 21.4. The lowest BCUT2D eigenvalue weighted by atomic mass is 9.96. The molecule has 0 unspecified atom stereocenters. The van der Waals surface area contributed by atoms with Crippen LogP contribution in [0.3, 0.4) is 0 Å². The number of hydrogen-bond donors (Lipinski definition) is 2. The first kappa shape index (κ1) is 25.2. The van der Waals surface area contributed by atoms with E-state index in [1.807, 2.05) is 25.4 Å². The van der Waals surface area contributed by atoms with Crippen LogP contribution in [0.25, 0.3) is 0 Å². The normalized spacial score (nSPS) is 18.2. The van der Waals surface area contributed by atoms with Crippen molar-refractivity contribution in [2.45, 2.75) is 25.9 Å². The molecule has 0 atom stereocenters. The van der Waals surface area contributed by atoms with Crippen molar-refractivity contribution in [2.24, 2.45) is 16.6 Å². The molecule has 11 heteroatoms. The lowest BCUT2D eigenvalue weighted by molar-refractivity contribution is -0.122. The highest BCUT2D eigenvalue weighted by atomic mass is 127. The molecule has 0 aliphatic carbocycles. The van der Waals surface area contributed by atoms with Crippen LogP contribution >= 0.6 is 24.0 Å². The molecule has 4 rings (SSSR count). The first-order valence-electron chi connectivity index (χ1n) is 11.2. The number of piperazine rings is 1. The molecule has 0 aromatic carbocycles. The van der Waals surface area contributed by atoms with Crippen molar-refractivity contribution in [1.29, 1.82) is 0 Å². The standard InChI is InChI=1S/C22H32N8O2.HI/c1-24-22(30-12-10-28(11-13-30)16-19-6-14-32-27-19)26-15-18-3-2-7-25-21(18)29-8-4-17(5-9-29)20(23)31;/h2-3,6-7,14,17H,4-5,8-13,15-16H2,1H3,(H2,23,31)(H,24,26);1H. The number of pyridine rings is 1. The topological polar surface area (TPSA) is 116 Å². The van der Waals surface area contributed by atoms with Crippen LogP contribution in [0.2, 0.25) is 0 Å². The van der Waals surface area contributed by atoms with Crippen LogP contribution in [0.15, 0.2) is 40.2 Å². The maximum atomic E-state index is 11.5. The fourth-order valence-corrected chi connectivity index (χ4v) is 4.40. The lowest BCUT2D eigenvalue weighted by Crippen LogP contribution is -2.52. The smallest absolute Gasteiger partial charge is 0.220 e. The minimum Gasteiger partial charge on any atom is -0.369 e. The Labute approximate surface area is 211 Å². The van der Waals surface area contributed by atoms with Gasteiger partial charge in [0.15, 0.2) is 5.96 Å². The average Bonchev–Trinajstić information content (AvgIpc) is 3.34. The molecule has 4 heterocycles. The number of halogens is 1. The number of guanidine groups is 1. The summed E-state index contributed by atoms with van der Waals surface area (Å²) >= 11 is 0. The van der Waals surface area contributed by atoms with E-state index in [0.29, 0.717) is 6.54 Å². The number of carbonyl (C=O) groups is 1. The highest BCUT2D eigenvalue weighted by Crippen LogP contribution is 2.24. The summed E-state index contributed by atoms with van der Waals surface area (Å²) in [7, 11) is 1.82. The summed E-state index contributed by atoms with van der Waals surface area (Å²) in [6.07, 6.45) is 4.99. The molecule has 1 amide bonds. The van der Waals surface area contributed by atoms with Crippen molar-refractivity contribution in [2.75, 3.05) is 51.2 Å². The summed E-state index contributed by atoms with van der Waals surface area (Å²) in [5.41, 5.74) is 7.56. The molecule has 2 aliphatic rings. The van der Waals surface area contributed by atoms with Gasteiger partial charge >= 0.3 is 0 Å². The van der Waals surface area contributed by atoms with Crippen LogP contribution < -0.4 is 16.0 Å². The number of carbonyl (C=O) groups excluding carboxylic acids is 1. The molecule has 2 saturated heterocycles. The predicted molar refractivity (Wildman–Crippen MR) is 137 cm³/mol. The van der Waals surface area contributed by atoms with Crippen LogP contribution in [0.5, 0.6) is 0 Å². The Morgan fingerprint density at radius 1 is 1.21 bits per heavy atom. The molecule has 3 N–H and O–H groups in total. The highest BCUT2D eigenvalue weighted by molar-refractivity contribution is 14.0. The summed E-state index contributed by atoms with van der Waals surface area (Å²) in [6, 6.07) is 5.97. The lowest BCUT2D eigenvalue weighted by Gasteiger charge is -2.36. The van der Waals surface area contributed by atoms with E-state index in [2.05, 4.69) is 41.2 Å². The van der Waals surface area contributed by atoms with Gasteiger partial charge in [-0.15, -0.1) is 24.0 Å². The van der Waals surface area contributed by atoms with Crippen molar-refractivity contribution >= 4 is 41.7 Å². The van der Waals surface area contributed by atoms with E-state index in [1.165, 1.54) is 0 Å². The van der Waals surface area contributed by atoms with E-state index >= 15 is 0 Å². The van der Waals surface area contributed by atoms with Crippen molar-refractivity contribution in [3.63, 3.8) is 0 Å². The molecule has 33 heavy (non-hydrogen) atoms. The van der Waals surface area contributed by atoms with Crippen molar-refractivity contribution in [1.82, 2.24) is 25.3 Å². The predicted octanol–water partition coefficient (Wildman–Crippen LogP) is 1.28. The quantitative estimate of drug-likeness (QED) is 0.304. The van der Waals surface area contributed by atoms with E-state index < -0.39 is 0 Å². The Morgan fingerprint density at radius 2 is 1.97 bits per heavy atom. The Bertz CT molecular complexity index is 907. The van der Waals surface area contributed by atoms with E-state index in [1.54, 1.807) is 6.26 Å². The summed E-state index contributed by atoms with van der Waals surface area (Å²) in [4.78, 5) is 27.5. The molecule has 2 aromatic rings. The second kappa shape index (κ2) is 12.2. The van der Waals surface area contributed by atoms with Crippen molar-refractivity contribution in [3.8, 4) is 0 Å². The van der Waals surface area contributed by atoms with Gasteiger partial charge < -0.3 is 25.4 Å². The zero-order chi connectivity index (χ0) is 22.3. The zero-order valence-electron chi connectivity index (χ0n) is 19.0. The highest BCUT2D eigenvalue weighted by Gasteiger charge is 2.25. The van der Waals surface area contributed by atoms with Gasteiger partial charge in [0.25, 0.3) is 0 Å². The minimum atomic E-state index is -0.197. The monoisotopic (exact) mass is 568 g/mol. The average molecular weight is 568 g/mol. The Balaban J connectivity index is 0.00000306. The molecular formula is C22H33IN8O2. The SMILES string of the molecule is CN=C(NCc1cccnc1N1CCC(C(N)=O)CC1)N1CCN(Cc2ccon2)CC1.I. The van der Waals surface area contributed by atoms with Crippen LogP contribution in [0, 0.1) is 5.92 Å². The number of anilines is 1. The molecule has 2 fully saturated rings. The van der Waals surface area contributed by atoms with E-state index in [9.17, 15) is 4.79 Å². The molecule has 2 aromatic heterocycles. The number of primary amides is 1. The summed E-state index contributed by atoms with van der Waals surface area (Å²) in [6.45, 7) is 6.73. The number of aromatic nitrogens is 2. The van der Waals surface area contributed by atoms with Gasteiger partial charge in [-0.3, -0.25) is 14.7 Å². The third-order valence-electron chi connectivity index (χ3n) is 6.26. The van der Waals surface area contributed by atoms with Gasteiger partial charge in [0.1, 0.15) is 12.1 Å². The van der Waals surface area contributed by atoms with E-state index in [-0.39, 0.29) is 35.8 Å². The fourth-order valence-electron chi connectivity index (χ4n) is 4.40. The van der Waals surface area contributed by atoms with Crippen LogP contribution in [-0.4, -0.2) is 78.1 Å². The maximum absolute atomic E-state index is 11.5. The van der Waals surface area contributed by atoms with Crippen LogP contribution in [0.1, 0.15) is 24.1 Å². The number of nitrogens with two attached hydrogens (primary N) is 1. The molecule has 180 valence electrons. The Hall–Kier alpha value is -2.41. The molecule has 10 nitrogen and oxygen atoms in total. The van der Waals surface area contributed by atoms with Crippen molar-refractivity contribution < 1.29 is 9.32 Å². The first-order valence-corrected chi connectivity index (χ1v) is 11.2. The Kier molecular flexibility index (Phi) is 9.30. The second-order valence-electron chi connectivity index (χ2n) is 8.30. The third kappa shape index (κ3) is 6.56. The van der Waals surface area contributed by atoms with Crippen molar-refractivity contribution in [3.05, 3.63) is 41.9 Å². The summed E-state index contributed by atoms with van der Waals surface area (Å²) < 4.78 is 4.93. The fraction of sp³-hybridized carbons (Fsp3) is 0.545. The van der Waals surface area contributed by atoms with Gasteiger partial charge in [-0.1, -0.05) is 11.2 Å². The van der Waals surface area contributed by atoms with Gasteiger partial charge in [0.05, 0.1) is 5.69 Å². The van der Waals surface area contributed by atoms with E-state index in [4.69, 9.17) is 10.3 Å². The third-order valence-corrected chi connectivity index (χ3v) is 6.26. The first-order chi connectivity index (χ1) is 15.6. The molecule has 0 bridgehead atoms. The number of aliphatic imine (C=N–C) groups is 1. The maximum Gasteiger partial charge on any atom is 0.220 e. The summed E-state index contributed by atoms with van der Waals surface area (Å²) in [5, 5.41) is 7.52. The molecular weight excluding hydrogens is 535 g/mol. The molecule has 0 radical (unpaired) electrons. The van der Waals surface area contributed by atoms with Crippen LogP contribution in [0.4, 0.5) is 5.82 Å². The number of hydrogen-bond acceptors (Lipinski definition) is 7. The second-order valence-corrected chi connectivity index (χ2v) is 8.30. The number of nitrogens with one attached hydrogen (secondary N) is 1. The van der Waals surface area contributed by atoms with Gasteiger partial charge in [-0.2, -0.15) is 0 Å². The minimum absolute atomic E-state index is 0. The summed E-state index contributed by atoms with van der Waals surface area (Å²) in [5.74, 6) is 1.64. The van der Waals surface area contributed by atoms with Gasteiger partial charge in [-0.25, -0.2) is 4.98 Å². The van der Waals surface area contributed by atoms with Gasteiger partial charge in [0, 0.05) is 83.2 Å². The number of rotatable bonds is 6. The van der Waals surface area contributed by atoms with Gasteiger partial charge in [0.2, 0.25) is 5.91 Å². The number of nitrogens with zero attached hydrogens (tertiary/aromatic N) is 6. The molecule has 0 spiro atoms. The number of piperidine rings is 1. The molecule has 0 saturated carbocycles.